The van der Waals surface area contributed by atoms with Gasteiger partial charge in [0.2, 0.25) is 0 Å². The monoisotopic (exact) mass is 689 g/mol. The highest BCUT2D eigenvalue weighted by molar-refractivity contribution is 7.15. The van der Waals surface area contributed by atoms with Crippen LogP contribution in [0, 0.1) is 26.7 Å². The van der Waals surface area contributed by atoms with Crippen molar-refractivity contribution < 1.29 is 183 Å². The van der Waals surface area contributed by atoms with E-state index in [0.29, 0.717) is 6.54 Å². The van der Waals surface area contributed by atoms with E-state index in [1.54, 1.807) is 0 Å². The summed E-state index contributed by atoms with van der Waals surface area (Å²) in [5.41, 5.74) is 5.62. The van der Waals surface area contributed by atoms with Crippen molar-refractivity contribution >= 4 is 34.2 Å². The van der Waals surface area contributed by atoms with E-state index >= 15 is 0 Å². The molecule has 0 aliphatic carbocycles. The molecule has 0 saturated carbocycles. The van der Waals surface area contributed by atoms with E-state index in [4.69, 9.17) is 0 Å². The van der Waals surface area contributed by atoms with E-state index in [1.807, 2.05) is 22.7 Å². The van der Waals surface area contributed by atoms with Gasteiger partial charge in [-0.1, -0.05) is 13.0 Å². The smallest absolute Gasteiger partial charge is 0.307 e. The van der Waals surface area contributed by atoms with E-state index in [2.05, 4.69) is 64.0 Å². The summed E-state index contributed by atoms with van der Waals surface area (Å²) in [6.45, 7) is 14.9. The molecule has 1 fully saturated rings. The molecule has 1 aliphatic rings. The van der Waals surface area contributed by atoms with Gasteiger partial charge in [-0.2, -0.15) is 0 Å². The van der Waals surface area contributed by atoms with Crippen LogP contribution in [0.15, 0.2) is 17.5 Å². The molecule has 0 amide bonds. The molecule has 1 atom stereocenters. The molecule has 0 unspecified atom stereocenters. The number of likely N-dealkylation sites (tertiary alicyclic amines) is 1. The molecule has 0 aromatic carbocycles. The van der Waals surface area contributed by atoms with E-state index in [0.717, 1.165) is 32.2 Å². The Kier molecular flexibility index (Phi) is 7.26. The van der Waals surface area contributed by atoms with Gasteiger partial charge in [0, 0.05) is 211 Å². The van der Waals surface area contributed by atoms with Crippen LogP contribution < -0.4 is 0 Å². The molecule has 1 N–H and O–H groups in total. The van der Waals surface area contributed by atoms with E-state index in [9.17, 15) is 9.90 Å². The number of thiophene rings is 2. The Labute approximate surface area is 369 Å². The van der Waals surface area contributed by atoms with Crippen molar-refractivity contribution in [3.63, 3.8) is 0 Å². The third kappa shape index (κ3) is 4.90. The first-order valence-corrected chi connectivity index (χ1v) is 12.7. The topological polar surface area (TPSA) is 40.5 Å². The van der Waals surface area contributed by atoms with Crippen LogP contribution >= 0.6 is 22.7 Å². The standard InChI is InChI=1S/C25H35NO2S2.121H2/c1-7-20-17(3)15-29-23(20)21(22-16(2)13-18(4)30-22)9-8-12-26-14-19(24(27)28)10-11-25(26,5)6;;;;;;;;;;;;;;;;;;;;;;;;;;;;;;;;;;;;;;;;;;;;;;;;;;;;;;;;;;;;;;;;;;;;;;;;;;;;;;;;;;;;;;;;;;;;;;;;;;;;;;;;;;;;;;;;;;;;;;;;;/h9,13,15,19H,7-8,10-12,14H2,1-6H3,(H,27,28);121*1H/b21-9-;;;;;;;;;;;;;;;;;;;;;;;;;;;;;;;;;;;;;;;;;;;;;;;;;;;;;;;;;;;;;;;;;;;;;;;;;;;;;;;;;;;;;;;;;;;;;;;;;;;;;;;;;;;;;;;;;;;;;;;;;/t19-;;;;;;;;;;;;;;;;;;;;;;;;;;;;;;;;;;;;;;;;;;;;;;;;;;;;;;;;;;;;;;;;;;;;;;;;;;;;;;;;;;;;;;;;;;;;;;;;;;;;;;;;;;;;;;;;;;;;;;;;;/m1........................................................................................................................./s1. The van der Waals surface area contributed by atoms with Crippen LogP contribution in [0.3, 0.4) is 0 Å². The number of hydrogen-bond donors (Lipinski definition) is 1. The van der Waals surface area contributed by atoms with Crippen LogP contribution in [-0.4, -0.2) is 34.6 Å². The summed E-state index contributed by atoms with van der Waals surface area (Å²) >= 11 is 3.74. The highest BCUT2D eigenvalue weighted by Gasteiger charge is 2.36. The number of carbonyl (C=O) groups is 1. The third-order valence-electron chi connectivity index (χ3n) is 6.49. The predicted octanol–water partition coefficient (Wildman–Crippen LogP) is 36.5. The molecule has 0 spiro atoms. The predicted molar refractivity (Wildman–Crippen MR) is 386 cm³/mol. The summed E-state index contributed by atoms with van der Waals surface area (Å²) in [5.74, 6) is -0.895. The second-order valence-electron chi connectivity index (χ2n) is 9.19. The molecule has 3 rings (SSSR count). The van der Waals surface area contributed by atoms with Crippen molar-refractivity contribution in [3.05, 3.63) is 48.8 Å². The molecule has 5 heteroatoms. The molecule has 0 bridgehead atoms. The van der Waals surface area contributed by atoms with Gasteiger partial charge in [0.1, 0.15) is 0 Å². The quantitative estimate of drug-likeness (QED) is 0.315. The van der Waals surface area contributed by atoms with Crippen LogP contribution in [0.25, 0.3) is 5.57 Å². The number of hydrogen-bond acceptors (Lipinski definition) is 4. The molecule has 30 heavy (non-hydrogen) atoms. The molecule has 406 valence electrons. The summed E-state index contributed by atoms with van der Waals surface area (Å²) in [6.07, 6.45) is 6.10. The zero-order chi connectivity index (χ0) is 22.1. The second kappa shape index (κ2) is 9.37. The van der Waals surface area contributed by atoms with Crippen molar-refractivity contribution in [3.8, 4) is 0 Å². The first-order chi connectivity index (χ1) is 14.1. The minimum atomic E-state index is -0.655. The molecule has 1 saturated heterocycles. The van der Waals surface area contributed by atoms with Gasteiger partial charge in [-0.3, -0.25) is 9.69 Å². The highest BCUT2D eigenvalue weighted by atomic mass is 32.1. The normalized spacial score (nSPS) is 19.9. The molecule has 3 heterocycles. The summed E-state index contributed by atoms with van der Waals surface area (Å²) in [6, 6.07) is 2.28. The Bertz CT molecular complexity index is 1040. The first-order valence-electron chi connectivity index (χ1n) is 11.0. The Morgan fingerprint density at radius 3 is 2.63 bits per heavy atom. The van der Waals surface area contributed by atoms with Crippen LogP contribution in [0.4, 0.5) is 0 Å². The van der Waals surface area contributed by atoms with E-state index in [1.165, 1.54) is 36.9 Å². The van der Waals surface area contributed by atoms with E-state index < -0.39 is 5.97 Å². The molecule has 0 radical (unpaired) electrons. The van der Waals surface area contributed by atoms with Gasteiger partial charge < -0.3 is 5.11 Å². The molecule has 3 nitrogen and oxygen atoms in total. The maximum atomic E-state index is 11.5. The Balaban J connectivity index is -0.000000000723. The number of carboxylic acids is 1. The lowest BCUT2D eigenvalue weighted by Gasteiger charge is -2.44. The summed E-state index contributed by atoms with van der Waals surface area (Å²) in [4.78, 5) is 18.1. The van der Waals surface area contributed by atoms with E-state index in [-0.39, 0.29) is 184 Å². The molecule has 2 aromatic rings. The Morgan fingerprint density at radius 1 is 1.30 bits per heavy atom. The maximum absolute atomic E-state index is 11.5. The Hall–Kier alpha value is -1.43. The minimum absolute atomic E-state index is 0. The van der Waals surface area contributed by atoms with Gasteiger partial charge in [-0.15, -0.1) is 22.7 Å². The van der Waals surface area contributed by atoms with Gasteiger partial charge in [-0.25, -0.2) is 0 Å². The van der Waals surface area contributed by atoms with Crippen molar-refractivity contribution in [2.75, 3.05) is 13.1 Å². The zero-order valence-corrected chi connectivity index (χ0v) is 20.8. The second-order valence-corrected chi connectivity index (χ2v) is 11.3. The number of rotatable bonds is 7. The molecular weight excluding hydrogens is 410 g/mol. The number of piperidine rings is 1. The Morgan fingerprint density at radius 2 is 2.03 bits per heavy atom. The number of aryl methyl sites for hydroxylation is 3. The van der Waals surface area contributed by atoms with Crippen LogP contribution in [0.5, 0.6) is 0 Å². The van der Waals surface area contributed by atoms with Gasteiger partial charge in [-0.05, 0) is 88.4 Å². The van der Waals surface area contributed by atoms with Gasteiger partial charge in [0.05, 0.1) is 5.92 Å². The fraction of sp³-hybridized carbons (Fsp3) is 0.560. The average molecular weight is 690 g/mol. The first kappa shape index (κ1) is 23.2. The highest BCUT2D eigenvalue weighted by Crippen LogP contribution is 2.39. The maximum Gasteiger partial charge on any atom is 0.307 e. The van der Waals surface area contributed by atoms with Crippen LogP contribution in [-0.2, 0) is 11.2 Å². The van der Waals surface area contributed by atoms with Crippen LogP contribution in [0.2, 0.25) is 0 Å². The fourth-order valence-corrected chi connectivity index (χ4v) is 6.92. The fourth-order valence-electron chi connectivity index (χ4n) is 4.58. The zero-order valence-electron chi connectivity index (χ0n) is 19.2. The average Bonchev–Trinajstić information content (AvgIpc) is 3.20. The van der Waals surface area contributed by atoms with Gasteiger partial charge in [0.15, 0.2) is 0 Å². The number of carboxylic acid groups (broad SMARTS) is 1. The third-order valence-corrected chi connectivity index (χ3v) is 8.84. The van der Waals surface area contributed by atoms with Crippen molar-refractivity contribution in [2.45, 2.75) is 72.8 Å². The summed E-state index contributed by atoms with van der Waals surface area (Å²) < 4.78 is 0. The summed E-state index contributed by atoms with van der Waals surface area (Å²) in [5, 5.41) is 11.8. The van der Waals surface area contributed by atoms with Crippen molar-refractivity contribution in [1.29, 1.82) is 0 Å². The largest absolute Gasteiger partial charge is 0.481 e. The SMILES string of the molecule is CCc1c(C)csc1/C(=C\CCN1C[C@H](C(=O)O)CCC1(C)C)c1sc(C)cc1C.[HH].[HH].[HH].[HH].[HH].[HH].[HH].[HH].[HH].[HH].[HH].[HH].[HH].[HH].[HH].[HH].[HH].[HH].[HH].[HH].[HH].[HH].[HH].[HH].[HH].[HH].[HH].[HH].[HH].[HH].[HH].[HH].[HH].[HH].[HH].[HH].[HH].[HH].[HH].[HH].[HH].[HH].[HH].[HH].[HH].[HH].[HH].[HH].[HH].[HH].[HH].[HH].[HH].[HH].[HH].[HH].[HH].[HH].[HH].[HH].[HH].[HH].[HH].[HH].[HH].[HH].[HH].[HH].[HH].[HH].[HH].[HH].[HH].[HH].[HH].[HH].[HH].[HH].[HH].[HH].[HH].[HH].[HH].[HH].[HH].[HH].[HH].[HH].[HH].[HH].[HH].[HH].[HH].[HH].[HH].[HH].[HH].[HH].[HH].[HH].[HH].[HH].[HH].[HH].[HH].[HH].[HH].[HH].[HH].[HH].[HH].[HH].[HH].[HH].[HH].[HH].[HH].[HH].[HH].[HH].[HH]. The van der Waals surface area contributed by atoms with Crippen molar-refractivity contribution in [1.82, 2.24) is 4.90 Å². The lowest BCUT2D eigenvalue weighted by atomic mass is 9.84. The lowest BCUT2D eigenvalue weighted by Crippen LogP contribution is -2.52. The van der Waals surface area contributed by atoms with Crippen LogP contribution in [0.1, 0.15) is 244 Å². The number of aliphatic carboxylic acids is 1. The van der Waals surface area contributed by atoms with Crippen molar-refractivity contribution in [2.24, 2.45) is 5.92 Å². The molecule has 1 aliphatic heterocycles. The minimum Gasteiger partial charge on any atom is -0.481 e. The van der Waals surface area contributed by atoms with Gasteiger partial charge in [0.25, 0.3) is 0 Å². The van der Waals surface area contributed by atoms with Gasteiger partial charge >= 0.3 is 5.97 Å². The summed E-state index contributed by atoms with van der Waals surface area (Å²) in [7, 11) is 0. The lowest BCUT2D eigenvalue weighted by molar-refractivity contribution is -0.145. The number of nitrogens with zero attached hydrogens (tertiary/aromatic N) is 1. The molecule has 2 aromatic heterocycles. The molecular formula is C25H277NO2S2.